The fourth-order valence-corrected chi connectivity index (χ4v) is 2.29. The van der Waals surface area contributed by atoms with E-state index in [2.05, 4.69) is 61.5 Å². The number of hydrogen-bond acceptors (Lipinski definition) is 1. The maximum atomic E-state index is 4.88. The van der Waals surface area contributed by atoms with E-state index in [1.54, 1.807) is 0 Å². The molecule has 3 heteroatoms. The Hall–Kier alpha value is 0.0931. The summed E-state index contributed by atoms with van der Waals surface area (Å²) in [6.45, 7) is 7.21. The van der Waals surface area contributed by atoms with Gasteiger partial charge in [0.05, 0.1) is 18.5 Å². The number of hydrogen-bond donors (Lipinski definition) is 0. The Morgan fingerprint density at radius 1 is 0.840 bits per heavy atom. The van der Waals surface area contributed by atoms with Crippen molar-refractivity contribution in [2.75, 3.05) is 6.61 Å². The molecule has 0 N–H and O–H groups in total. The van der Waals surface area contributed by atoms with Gasteiger partial charge in [-0.15, -0.1) is 12.8 Å². The second kappa shape index (κ2) is 22.1. The van der Waals surface area contributed by atoms with Crippen molar-refractivity contribution in [2.45, 2.75) is 85.0 Å². The van der Waals surface area contributed by atoms with Gasteiger partial charge in [-0.2, -0.15) is 12.2 Å². The van der Waals surface area contributed by atoms with Gasteiger partial charge in [-0.25, -0.2) is 23.3 Å². The second-order valence-corrected chi connectivity index (χ2v) is 6.21. The van der Waals surface area contributed by atoms with Crippen molar-refractivity contribution < 1.29 is 30.5 Å². The molecular weight excluding hydrogens is 407 g/mol. The molecule has 0 saturated heterocycles. The van der Waals surface area contributed by atoms with Crippen molar-refractivity contribution in [1.29, 1.82) is 0 Å². The Morgan fingerprint density at radius 3 is 1.52 bits per heavy atom. The Labute approximate surface area is 180 Å². The third kappa shape index (κ3) is 18.7. The largest absolute Gasteiger partial charge is 2.00 e. The fourth-order valence-electron chi connectivity index (χ4n) is 2.18. The summed E-state index contributed by atoms with van der Waals surface area (Å²) in [5.74, 6) is 0. The Morgan fingerprint density at radius 2 is 1.28 bits per heavy atom. The molecule has 0 aliphatic heterocycles. The van der Waals surface area contributed by atoms with Gasteiger partial charge in [-0.3, -0.25) is 16.4 Å². The van der Waals surface area contributed by atoms with E-state index in [0.29, 0.717) is 6.61 Å². The van der Waals surface area contributed by atoms with Gasteiger partial charge in [0.2, 0.25) is 0 Å². The zero-order valence-electron chi connectivity index (χ0n) is 16.4. The zero-order valence-corrected chi connectivity index (χ0v) is 19.6. The summed E-state index contributed by atoms with van der Waals surface area (Å²) < 4.78 is 4.25. The molecule has 140 valence electrons. The molecule has 2 aliphatic rings. The smallest absolute Gasteiger partial charge is 0.279 e. The molecule has 25 heavy (non-hydrogen) atoms. The molecule has 0 saturated carbocycles. The molecule has 0 heterocycles. The van der Waals surface area contributed by atoms with Gasteiger partial charge >= 0.3 is 26.2 Å². The third-order valence-corrected chi connectivity index (χ3v) is 3.86. The third-order valence-electron chi connectivity index (χ3n) is 3.71. The van der Waals surface area contributed by atoms with Crippen LogP contribution in [0.4, 0.5) is 0 Å². The quantitative estimate of drug-likeness (QED) is 0.263. The molecule has 0 unspecified atom stereocenters. The van der Waals surface area contributed by atoms with Crippen LogP contribution in [0.1, 0.15) is 85.0 Å². The summed E-state index contributed by atoms with van der Waals surface area (Å²) in [6, 6.07) is 0. The number of unbranched alkanes of at least 4 members (excludes halogenated alkanes) is 3. The SMILES string of the molecule is CCCCC1=[C-]CC=C1.CCCCC1=[C-]CC=C1.CCCCOCl.[Zr+2]. The van der Waals surface area contributed by atoms with Crippen molar-refractivity contribution in [3.8, 4) is 0 Å². The molecule has 1 nitrogen and oxygen atoms in total. The van der Waals surface area contributed by atoms with Gasteiger partial charge in [0.15, 0.2) is 0 Å². The summed E-state index contributed by atoms with van der Waals surface area (Å²) in [6.07, 6.45) is 27.3. The minimum Gasteiger partial charge on any atom is -0.279 e. The van der Waals surface area contributed by atoms with Gasteiger partial charge in [0.1, 0.15) is 0 Å². The molecule has 0 aromatic heterocycles. The average molecular weight is 442 g/mol. The zero-order chi connectivity index (χ0) is 17.9. The van der Waals surface area contributed by atoms with Crippen LogP contribution in [0.2, 0.25) is 0 Å². The van der Waals surface area contributed by atoms with E-state index in [0.717, 1.165) is 25.7 Å². The summed E-state index contributed by atoms with van der Waals surface area (Å²) in [5, 5.41) is 0. The first-order valence-corrected chi connectivity index (χ1v) is 9.85. The molecule has 0 fully saturated rings. The summed E-state index contributed by atoms with van der Waals surface area (Å²) in [7, 11) is 0. The normalized spacial score (nSPS) is 13.9. The van der Waals surface area contributed by atoms with Crippen LogP contribution in [0.25, 0.3) is 0 Å². The topological polar surface area (TPSA) is 9.23 Å². The maximum absolute atomic E-state index is 4.88. The van der Waals surface area contributed by atoms with Crippen LogP contribution in [0.15, 0.2) is 35.5 Å². The van der Waals surface area contributed by atoms with Gasteiger partial charge in [-0.1, -0.05) is 65.7 Å². The number of allylic oxidation sites excluding steroid dienone is 8. The molecule has 0 atom stereocenters. The van der Waals surface area contributed by atoms with Crippen molar-refractivity contribution in [3.05, 3.63) is 47.6 Å². The van der Waals surface area contributed by atoms with Gasteiger partial charge in [0, 0.05) is 0 Å². The van der Waals surface area contributed by atoms with E-state index in [1.807, 2.05) is 0 Å². The monoisotopic (exact) mass is 440 g/mol. The molecule has 0 radical (unpaired) electrons. The van der Waals surface area contributed by atoms with Crippen LogP contribution in [0.3, 0.4) is 0 Å². The molecular formula is C22H35ClOZr. The van der Waals surface area contributed by atoms with E-state index in [9.17, 15) is 0 Å². The van der Waals surface area contributed by atoms with Gasteiger partial charge in [-0.05, 0) is 6.42 Å². The number of rotatable bonds is 9. The van der Waals surface area contributed by atoms with Crippen LogP contribution in [-0.4, -0.2) is 6.61 Å². The molecule has 0 amide bonds. The molecule has 0 bridgehead atoms. The van der Waals surface area contributed by atoms with E-state index in [4.69, 9.17) is 11.9 Å². The van der Waals surface area contributed by atoms with Crippen molar-refractivity contribution in [3.63, 3.8) is 0 Å². The average Bonchev–Trinajstić information content (AvgIpc) is 3.31. The van der Waals surface area contributed by atoms with Crippen LogP contribution in [0.5, 0.6) is 0 Å². The Bertz CT molecular complexity index is 359. The fraction of sp³-hybridized carbons (Fsp3) is 0.636. The van der Waals surface area contributed by atoms with Crippen molar-refractivity contribution >= 4 is 11.9 Å². The van der Waals surface area contributed by atoms with Gasteiger partial charge < -0.3 is 0 Å². The number of halogens is 1. The first-order valence-electron chi connectivity index (χ1n) is 9.54. The van der Waals surface area contributed by atoms with E-state index < -0.39 is 0 Å². The van der Waals surface area contributed by atoms with Crippen LogP contribution >= 0.6 is 11.9 Å². The molecule has 0 aromatic carbocycles. The van der Waals surface area contributed by atoms with E-state index >= 15 is 0 Å². The van der Waals surface area contributed by atoms with Crippen molar-refractivity contribution in [1.82, 2.24) is 0 Å². The minimum atomic E-state index is 0. The predicted molar refractivity (Wildman–Crippen MR) is 107 cm³/mol. The molecule has 2 aliphatic carbocycles. The minimum absolute atomic E-state index is 0. The Kier molecular flexibility index (Phi) is 24.2. The molecule has 0 spiro atoms. The first kappa shape index (κ1) is 27.3. The van der Waals surface area contributed by atoms with Crippen LogP contribution < -0.4 is 0 Å². The van der Waals surface area contributed by atoms with Crippen LogP contribution in [-0.2, 0) is 30.5 Å². The maximum Gasteiger partial charge on any atom is 2.00 e. The Balaban J connectivity index is 0. The second-order valence-electron chi connectivity index (χ2n) is 5.99. The summed E-state index contributed by atoms with van der Waals surface area (Å²) in [4.78, 5) is 0. The van der Waals surface area contributed by atoms with Crippen LogP contribution in [0, 0.1) is 12.2 Å². The summed E-state index contributed by atoms with van der Waals surface area (Å²) >= 11 is 4.88. The van der Waals surface area contributed by atoms with Crippen molar-refractivity contribution in [2.24, 2.45) is 0 Å². The standard InChI is InChI=1S/2C9H13.C4H9ClO.Zr/c2*1-2-3-6-9-7-4-5-8-9;1-2-3-4-6-5;/h2*4,7H,2-3,5-6H2,1H3;2-4H2,1H3;/q2*-1;;+2. The van der Waals surface area contributed by atoms with E-state index in [1.165, 1.54) is 49.7 Å². The van der Waals surface area contributed by atoms with E-state index in [-0.39, 0.29) is 26.2 Å². The van der Waals surface area contributed by atoms with Gasteiger partial charge in [0.25, 0.3) is 0 Å². The predicted octanol–water partition coefficient (Wildman–Crippen LogP) is 7.69. The molecule has 0 aromatic rings. The molecule has 2 rings (SSSR count). The first-order chi connectivity index (χ1) is 11.8. The summed E-state index contributed by atoms with van der Waals surface area (Å²) in [5.41, 5.74) is 2.83.